The highest BCUT2D eigenvalue weighted by atomic mass is 16.5. The minimum Gasteiger partial charge on any atom is -0.465 e. The van der Waals surface area contributed by atoms with Crippen LogP contribution in [0.1, 0.15) is 68.2 Å². The van der Waals surface area contributed by atoms with E-state index in [1.165, 1.54) is 0 Å². The lowest BCUT2D eigenvalue weighted by molar-refractivity contribution is -0.170. The van der Waals surface area contributed by atoms with Gasteiger partial charge in [0.05, 0.1) is 25.2 Å². The summed E-state index contributed by atoms with van der Waals surface area (Å²) in [6.07, 6.45) is 1.16. The number of hydrogen-bond acceptors (Lipinski definition) is 5. The molecular formula is C21H37NO4. The van der Waals surface area contributed by atoms with E-state index in [2.05, 4.69) is 19.9 Å². The van der Waals surface area contributed by atoms with E-state index in [0.29, 0.717) is 12.3 Å². The summed E-state index contributed by atoms with van der Waals surface area (Å²) in [5, 5.41) is 9.99. The SMILES string of the molecule is CC(C)CCC(C(=O)OCC(C)C)C(C#N)(C(=O)OCC(C)C)C(C)C. The molecular weight excluding hydrogens is 330 g/mol. The van der Waals surface area contributed by atoms with E-state index in [9.17, 15) is 14.9 Å². The number of nitriles is 1. The Balaban J connectivity index is 5.80. The van der Waals surface area contributed by atoms with Crippen molar-refractivity contribution in [3.05, 3.63) is 0 Å². The monoisotopic (exact) mass is 367 g/mol. The van der Waals surface area contributed by atoms with Crippen molar-refractivity contribution in [1.29, 1.82) is 5.26 Å². The van der Waals surface area contributed by atoms with Crippen LogP contribution < -0.4 is 0 Å². The number of carbonyl (C=O) groups excluding carboxylic acids is 2. The second-order valence-corrected chi connectivity index (χ2v) is 8.68. The minimum absolute atomic E-state index is 0.157. The fraction of sp³-hybridized carbons (Fsp3) is 0.857. The molecule has 0 aromatic heterocycles. The third-order valence-electron chi connectivity index (χ3n) is 4.41. The lowest BCUT2D eigenvalue weighted by atomic mass is 9.66. The van der Waals surface area contributed by atoms with Crippen LogP contribution in [0.4, 0.5) is 0 Å². The first kappa shape index (κ1) is 24.4. The van der Waals surface area contributed by atoms with Gasteiger partial charge in [-0.3, -0.25) is 9.59 Å². The maximum Gasteiger partial charge on any atom is 0.327 e. The van der Waals surface area contributed by atoms with Crippen molar-refractivity contribution in [2.75, 3.05) is 13.2 Å². The van der Waals surface area contributed by atoms with Crippen molar-refractivity contribution in [2.45, 2.75) is 68.2 Å². The largest absolute Gasteiger partial charge is 0.465 e. The average molecular weight is 368 g/mol. The fourth-order valence-corrected chi connectivity index (χ4v) is 2.78. The van der Waals surface area contributed by atoms with E-state index in [1.807, 2.05) is 27.7 Å². The van der Waals surface area contributed by atoms with Gasteiger partial charge in [-0.25, -0.2) is 0 Å². The number of rotatable bonds is 11. The van der Waals surface area contributed by atoms with Gasteiger partial charge in [-0.2, -0.15) is 5.26 Å². The summed E-state index contributed by atoms with van der Waals surface area (Å²) in [6.45, 7) is 16.0. The van der Waals surface area contributed by atoms with Crippen molar-refractivity contribution in [2.24, 2.45) is 35.0 Å². The van der Waals surface area contributed by atoms with Crippen molar-refractivity contribution < 1.29 is 19.1 Å². The van der Waals surface area contributed by atoms with Gasteiger partial charge in [0, 0.05) is 0 Å². The second kappa shape index (κ2) is 11.2. The van der Waals surface area contributed by atoms with Crippen LogP contribution in [0.15, 0.2) is 0 Å². The molecule has 26 heavy (non-hydrogen) atoms. The van der Waals surface area contributed by atoms with Gasteiger partial charge in [-0.1, -0.05) is 61.8 Å². The van der Waals surface area contributed by atoms with Gasteiger partial charge in [-0.15, -0.1) is 0 Å². The predicted molar refractivity (Wildman–Crippen MR) is 102 cm³/mol. The first-order valence-electron chi connectivity index (χ1n) is 9.74. The average Bonchev–Trinajstić information content (AvgIpc) is 2.53. The summed E-state index contributed by atoms with van der Waals surface area (Å²) in [7, 11) is 0. The molecule has 0 saturated heterocycles. The molecule has 0 spiro atoms. The van der Waals surface area contributed by atoms with Gasteiger partial charge in [0.2, 0.25) is 0 Å². The first-order valence-corrected chi connectivity index (χ1v) is 9.74. The predicted octanol–water partition coefficient (Wildman–Crippen LogP) is 4.60. The normalized spacial score (nSPS) is 15.0. The smallest absolute Gasteiger partial charge is 0.327 e. The van der Waals surface area contributed by atoms with Crippen molar-refractivity contribution in [3.8, 4) is 6.07 Å². The summed E-state index contributed by atoms with van der Waals surface area (Å²) in [5.74, 6) is -1.58. The summed E-state index contributed by atoms with van der Waals surface area (Å²) >= 11 is 0. The number of nitrogens with zero attached hydrogens (tertiary/aromatic N) is 1. The van der Waals surface area contributed by atoms with Crippen LogP contribution in [-0.2, 0) is 19.1 Å². The number of carbonyl (C=O) groups is 2. The molecule has 0 aliphatic heterocycles. The number of hydrogen-bond donors (Lipinski definition) is 0. The van der Waals surface area contributed by atoms with Gasteiger partial charge in [0.1, 0.15) is 0 Å². The Labute approximate surface area is 159 Å². The van der Waals surface area contributed by atoms with Crippen LogP contribution in [0.3, 0.4) is 0 Å². The van der Waals surface area contributed by atoms with Crippen LogP contribution in [0.5, 0.6) is 0 Å². The van der Waals surface area contributed by atoms with Crippen LogP contribution in [0.25, 0.3) is 0 Å². The van der Waals surface area contributed by atoms with Crippen molar-refractivity contribution in [1.82, 2.24) is 0 Å². The molecule has 0 amide bonds. The Kier molecular flexibility index (Phi) is 10.5. The molecule has 0 radical (unpaired) electrons. The zero-order valence-electron chi connectivity index (χ0n) is 17.8. The molecule has 2 atom stereocenters. The Morgan fingerprint density at radius 3 is 1.73 bits per heavy atom. The summed E-state index contributed by atoms with van der Waals surface area (Å²) < 4.78 is 10.8. The lowest BCUT2D eigenvalue weighted by Gasteiger charge is -2.35. The van der Waals surface area contributed by atoms with Gasteiger partial charge < -0.3 is 9.47 Å². The van der Waals surface area contributed by atoms with E-state index in [4.69, 9.17) is 9.47 Å². The molecule has 0 N–H and O–H groups in total. The van der Waals surface area contributed by atoms with Crippen LogP contribution in [0.2, 0.25) is 0 Å². The molecule has 0 saturated carbocycles. The summed E-state index contributed by atoms with van der Waals surface area (Å²) in [5.41, 5.74) is -1.53. The summed E-state index contributed by atoms with van der Waals surface area (Å²) in [4.78, 5) is 25.8. The molecule has 0 aromatic rings. The van der Waals surface area contributed by atoms with Crippen LogP contribution in [-0.4, -0.2) is 25.2 Å². The number of esters is 2. The molecule has 5 heteroatoms. The highest BCUT2D eigenvalue weighted by molar-refractivity contribution is 5.88. The van der Waals surface area contributed by atoms with Crippen molar-refractivity contribution >= 4 is 11.9 Å². The number of ether oxygens (including phenoxy) is 2. The zero-order chi connectivity index (χ0) is 20.5. The maximum absolute atomic E-state index is 12.9. The Morgan fingerprint density at radius 1 is 0.846 bits per heavy atom. The quantitative estimate of drug-likeness (QED) is 0.499. The van der Waals surface area contributed by atoms with Gasteiger partial charge in [0.25, 0.3) is 0 Å². The Hall–Kier alpha value is -1.57. The van der Waals surface area contributed by atoms with Crippen molar-refractivity contribution in [3.63, 3.8) is 0 Å². The molecule has 0 aliphatic rings. The van der Waals surface area contributed by atoms with Gasteiger partial charge in [-0.05, 0) is 30.1 Å². The topological polar surface area (TPSA) is 76.4 Å². The highest BCUT2D eigenvalue weighted by Gasteiger charge is 2.54. The molecule has 0 fully saturated rings. The molecule has 0 heterocycles. The first-order chi connectivity index (χ1) is 12.0. The van der Waals surface area contributed by atoms with Gasteiger partial charge >= 0.3 is 11.9 Å². The highest BCUT2D eigenvalue weighted by Crippen LogP contribution is 2.41. The third-order valence-corrected chi connectivity index (χ3v) is 4.41. The van der Waals surface area contributed by atoms with E-state index >= 15 is 0 Å². The molecule has 5 nitrogen and oxygen atoms in total. The van der Waals surface area contributed by atoms with Gasteiger partial charge in [0.15, 0.2) is 5.41 Å². The molecule has 0 aliphatic carbocycles. The fourth-order valence-electron chi connectivity index (χ4n) is 2.78. The zero-order valence-corrected chi connectivity index (χ0v) is 17.8. The Morgan fingerprint density at radius 2 is 1.35 bits per heavy atom. The third kappa shape index (κ3) is 6.97. The van der Waals surface area contributed by atoms with E-state index in [0.717, 1.165) is 6.42 Å². The van der Waals surface area contributed by atoms with E-state index in [-0.39, 0.29) is 31.0 Å². The van der Waals surface area contributed by atoms with Crippen LogP contribution in [0, 0.1) is 46.3 Å². The van der Waals surface area contributed by atoms with Crippen LogP contribution >= 0.6 is 0 Å². The second-order valence-electron chi connectivity index (χ2n) is 8.68. The Bertz CT molecular complexity index is 491. The molecule has 150 valence electrons. The summed E-state index contributed by atoms with van der Waals surface area (Å²) in [6, 6.07) is 2.16. The molecule has 0 rings (SSSR count). The van der Waals surface area contributed by atoms with E-state index < -0.39 is 23.3 Å². The minimum atomic E-state index is -1.53. The van der Waals surface area contributed by atoms with E-state index in [1.54, 1.807) is 13.8 Å². The lowest BCUT2D eigenvalue weighted by Crippen LogP contribution is -2.47. The molecule has 0 bridgehead atoms. The molecule has 0 aromatic carbocycles. The maximum atomic E-state index is 12.9. The molecule has 2 unspecified atom stereocenters. The standard InChI is InChI=1S/C21H37NO4/c1-14(2)9-10-18(19(23)25-11-15(3)4)21(13-22,17(7)8)20(24)26-12-16(5)6/h14-18H,9-12H2,1-8H3.